The number of aromatic nitrogens is 1. The Bertz CT molecular complexity index is 1070. The lowest BCUT2D eigenvalue weighted by molar-refractivity contribution is -0.145. The van der Waals surface area contributed by atoms with Gasteiger partial charge >= 0.3 is 0 Å². The van der Waals surface area contributed by atoms with Gasteiger partial charge < -0.3 is 19.3 Å². The molecular weight excluding hydrogens is 422 g/mol. The Kier molecular flexibility index (Phi) is 5.85. The molecule has 2 fully saturated rings. The lowest BCUT2D eigenvalue weighted by Gasteiger charge is -2.35. The third-order valence-corrected chi connectivity index (χ3v) is 6.84. The van der Waals surface area contributed by atoms with Crippen molar-refractivity contribution in [3.8, 4) is 5.75 Å². The predicted octanol–water partition coefficient (Wildman–Crippen LogP) is 2.04. The zero-order valence-electron chi connectivity index (χ0n) is 18.6. The normalized spacial score (nSPS) is 24.8. The second kappa shape index (κ2) is 8.94. The number of fused-ring (bicyclic) bond motifs is 1. The fourth-order valence-electron chi connectivity index (χ4n) is 5.13. The standard InChI is InChI=1S/C25H27N3O5/c1-27-23(30)12-20(24(27)16-4-3-9-26-13-16)25(31)28-10-11-32-17(14-28)15-33-22-6-2-5-18-19(22)7-8-21(18)29/h2-6,9,13,17,20,24H,7-8,10-12,14-15H2,1H3/t17?,20-,24+/m1/s1. The number of rotatable bonds is 5. The molecule has 0 saturated carbocycles. The fourth-order valence-corrected chi connectivity index (χ4v) is 5.13. The fraction of sp³-hybridized carbons (Fsp3) is 0.440. The van der Waals surface area contributed by atoms with Crippen LogP contribution in [-0.2, 0) is 20.7 Å². The molecule has 0 radical (unpaired) electrons. The van der Waals surface area contributed by atoms with Gasteiger partial charge in [0.25, 0.3) is 0 Å². The van der Waals surface area contributed by atoms with E-state index in [2.05, 4.69) is 4.98 Å². The number of ketones is 1. The average molecular weight is 450 g/mol. The second-order valence-electron chi connectivity index (χ2n) is 8.84. The van der Waals surface area contributed by atoms with E-state index in [1.807, 2.05) is 30.3 Å². The number of carbonyl (C=O) groups is 3. The van der Waals surface area contributed by atoms with Gasteiger partial charge in [0, 0.05) is 50.0 Å². The highest BCUT2D eigenvalue weighted by Crippen LogP contribution is 2.38. The lowest BCUT2D eigenvalue weighted by Crippen LogP contribution is -2.50. The summed E-state index contributed by atoms with van der Waals surface area (Å²) in [5.41, 5.74) is 2.56. The van der Waals surface area contributed by atoms with E-state index in [1.165, 1.54) is 0 Å². The number of hydrogen-bond donors (Lipinski definition) is 0. The molecule has 1 aromatic carbocycles. The highest BCUT2D eigenvalue weighted by molar-refractivity contribution is 6.01. The highest BCUT2D eigenvalue weighted by atomic mass is 16.5. The summed E-state index contributed by atoms with van der Waals surface area (Å²) in [5.74, 6) is 0.337. The Labute approximate surface area is 192 Å². The van der Waals surface area contributed by atoms with E-state index >= 15 is 0 Å². The molecule has 2 aromatic rings. The quantitative estimate of drug-likeness (QED) is 0.694. The monoisotopic (exact) mass is 449 g/mol. The van der Waals surface area contributed by atoms with Crippen molar-refractivity contribution in [2.24, 2.45) is 5.92 Å². The van der Waals surface area contributed by atoms with Crippen LogP contribution in [0.1, 0.15) is 40.4 Å². The molecule has 3 aliphatic rings. The SMILES string of the molecule is CN1C(=O)C[C@@H](C(=O)N2CCOC(COc3cccc4c3CCC4=O)C2)[C@@H]1c1cccnc1. The van der Waals surface area contributed by atoms with Crippen LogP contribution in [0, 0.1) is 5.92 Å². The number of morpholine rings is 1. The number of amides is 2. The largest absolute Gasteiger partial charge is 0.491 e. The molecule has 0 bridgehead atoms. The minimum Gasteiger partial charge on any atom is -0.491 e. The number of pyridine rings is 1. The van der Waals surface area contributed by atoms with Crippen LogP contribution in [0.5, 0.6) is 5.75 Å². The van der Waals surface area contributed by atoms with Crippen LogP contribution in [0.15, 0.2) is 42.7 Å². The molecule has 2 saturated heterocycles. The average Bonchev–Trinajstić information content (AvgIpc) is 3.37. The van der Waals surface area contributed by atoms with E-state index in [0.29, 0.717) is 44.9 Å². The summed E-state index contributed by atoms with van der Waals surface area (Å²) in [6.07, 6.45) is 4.53. The Morgan fingerprint density at radius 1 is 1.21 bits per heavy atom. The van der Waals surface area contributed by atoms with Crippen molar-refractivity contribution in [1.29, 1.82) is 0 Å². The van der Waals surface area contributed by atoms with Crippen molar-refractivity contribution >= 4 is 17.6 Å². The molecular formula is C25H27N3O5. The molecule has 0 N–H and O–H groups in total. The first-order valence-electron chi connectivity index (χ1n) is 11.4. The smallest absolute Gasteiger partial charge is 0.228 e. The van der Waals surface area contributed by atoms with Crippen molar-refractivity contribution in [3.63, 3.8) is 0 Å². The van der Waals surface area contributed by atoms with Gasteiger partial charge in [-0.1, -0.05) is 18.2 Å². The number of nitrogens with zero attached hydrogens (tertiary/aromatic N) is 3. The molecule has 33 heavy (non-hydrogen) atoms. The maximum Gasteiger partial charge on any atom is 0.228 e. The van der Waals surface area contributed by atoms with Gasteiger partial charge in [-0.2, -0.15) is 0 Å². The molecule has 8 heteroatoms. The van der Waals surface area contributed by atoms with Crippen LogP contribution in [0.3, 0.4) is 0 Å². The molecule has 1 aromatic heterocycles. The summed E-state index contributed by atoms with van der Waals surface area (Å²) in [5, 5.41) is 0. The summed E-state index contributed by atoms with van der Waals surface area (Å²) in [6.45, 7) is 1.60. The number of ether oxygens (including phenoxy) is 2. The predicted molar refractivity (Wildman–Crippen MR) is 119 cm³/mol. The number of Topliss-reactive ketones (excluding diaryl/α,β-unsaturated/α-hetero) is 1. The van der Waals surface area contributed by atoms with Gasteiger partial charge in [-0.25, -0.2) is 0 Å². The van der Waals surface area contributed by atoms with Gasteiger partial charge in [0.15, 0.2) is 5.78 Å². The topological polar surface area (TPSA) is 89.0 Å². The van der Waals surface area contributed by atoms with Gasteiger partial charge in [0.1, 0.15) is 18.5 Å². The Morgan fingerprint density at radius 2 is 2.09 bits per heavy atom. The second-order valence-corrected chi connectivity index (χ2v) is 8.84. The molecule has 2 aliphatic heterocycles. The van der Waals surface area contributed by atoms with Crippen LogP contribution in [0.25, 0.3) is 0 Å². The third kappa shape index (κ3) is 4.11. The minimum atomic E-state index is -0.449. The molecule has 1 aliphatic carbocycles. The lowest BCUT2D eigenvalue weighted by atomic mass is 9.93. The molecule has 3 atom stereocenters. The molecule has 2 amide bonds. The van der Waals surface area contributed by atoms with Crippen molar-refractivity contribution < 1.29 is 23.9 Å². The highest BCUT2D eigenvalue weighted by Gasteiger charge is 2.45. The maximum atomic E-state index is 13.5. The van der Waals surface area contributed by atoms with Gasteiger partial charge in [-0.05, 0) is 24.1 Å². The van der Waals surface area contributed by atoms with E-state index in [4.69, 9.17) is 9.47 Å². The Balaban J connectivity index is 1.26. The minimum absolute atomic E-state index is 0.0391. The van der Waals surface area contributed by atoms with Gasteiger partial charge in [0.05, 0.1) is 25.1 Å². The van der Waals surface area contributed by atoms with E-state index in [0.717, 1.165) is 16.7 Å². The first-order chi connectivity index (χ1) is 16.0. The maximum absolute atomic E-state index is 13.5. The van der Waals surface area contributed by atoms with E-state index in [1.54, 1.807) is 29.2 Å². The van der Waals surface area contributed by atoms with Crippen molar-refractivity contribution in [2.75, 3.05) is 33.4 Å². The van der Waals surface area contributed by atoms with Crippen LogP contribution < -0.4 is 4.74 Å². The van der Waals surface area contributed by atoms with Crippen LogP contribution in [-0.4, -0.2) is 71.8 Å². The number of hydrogen-bond acceptors (Lipinski definition) is 6. The molecule has 3 heterocycles. The third-order valence-electron chi connectivity index (χ3n) is 6.84. The van der Waals surface area contributed by atoms with Crippen LogP contribution >= 0.6 is 0 Å². The number of benzene rings is 1. The van der Waals surface area contributed by atoms with Gasteiger partial charge in [0.2, 0.25) is 11.8 Å². The molecule has 8 nitrogen and oxygen atoms in total. The number of likely N-dealkylation sites (tertiary alicyclic amines) is 1. The number of carbonyl (C=O) groups excluding carboxylic acids is 3. The van der Waals surface area contributed by atoms with Crippen LogP contribution in [0.2, 0.25) is 0 Å². The van der Waals surface area contributed by atoms with Gasteiger partial charge in [-0.15, -0.1) is 0 Å². The first-order valence-corrected chi connectivity index (χ1v) is 11.4. The summed E-state index contributed by atoms with van der Waals surface area (Å²) in [7, 11) is 1.74. The molecule has 5 rings (SSSR count). The molecule has 1 unspecified atom stereocenters. The molecule has 0 spiro atoms. The van der Waals surface area contributed by atoms with E-state index in [9.17, 15) is 14.4 Å². The van der Waals surface area contributed by atoms with Crippen molar-refractivity contribution in [3.05, 3.63) is 59.4 Å². The van der Waals surface area contributed by atoms with Gasteiger partial charge in [-0.3, -0.25) is 19.4 Å². The Morgan fingerprint density at radius 3 is 2.91 bits per heavy atom. The Hall–Kier alpha value is -3.26. The zero-order chi connectivity index (χ0) is 22.9. The van der Waals surface area contributed by atoms with Crippen molar-refractivity contribution in [1.82, 2.24) is 14.8 Å². The summed E-state index contributed by atoms with van der Waals surface area (Å²) < 4.78 is 11.9. The van der Waals surface area contributed by atoms with Crippen molar-refractivity contribution in [2.45, 2.75) is 31.4 Å². The summed E-state index contributed by atoms with van der Waals surface area (Å²) in [4.78, 5) is 45.5. The molecule has 172 valence electrons. The first kappa shape index (κ1) is 21.6. The van der Waals surface area contributed by atoms with E-state index in [-0.39, 0.29) is 36.2 Å². The van der Waals surface area contributed by atoms with Crippen LogP contribution in [0.4, 0.5) is 0 Å². The summed E-state index contributed by atoms with van der Waals surface area (Å²) in [6, 6.07) is 8.96. The van der Waals surface area contributed by atoms with E-state index < -0.39 is 5.92 Å². The summed E-state index contributed by atoms with van der Waals surface area (Å²) >= 11 is 0. The zero-order valence-corrected chi connectivity index (χ0v) is 18.6.